The van der Waals surface area contributed by atoms with Crippen molar-refractivity contribution in [2.24, 2.45) is 0 Å². The van der Waals surface area contributed by atoms with Gasteiger partial charge in [0, 0.05) is 12.0 Å². The number of fused-ring (bicyclic) bond motifs is 1. The third-order valence-corrected chi connectivity index (χ3v) is 4.54. The van der Waals surface area contributed by atoms with Crippen LogP contribution in [0.5, 0.6) is 5.75 Å². The van der Waals surface area contributed by atoms with Crippen LogP contribution in [0.2, 0.25) is 0 Å². The van der Waals surface area contributed by atoms with E-state index in [0.717, 1.165) is 13.2 Å². The Kier molecular flexibility index (Phi) is 4.07. The van der Waals surface area contributed by atoms with Crippen LogP contribution in [-0.2, 0) is 6.42 Å². The van der Waals surface area contributed by atoms with Gasteiger partial charge in [-0.25, -0.2) is 0 Å². The largest absolute Gasteiger partial charge is 0.493 e. The quantitative estimate of drug-likeness (QED) is 0.891. The predicted octanol–water partition coefficient (Wildman–Crippen LogP) is 3.65. The van der Waals surface area contributed by atoms with Gasteiger partial charge in [0.15, 0.2) is 0 Å². The molecule has 1 saturated carbocycles. The molecule has 2 atom stereocenters. The van der Waals surface area contributed by atoms with Crippen LogP contribution in [0.3, 0.4) is 0 Å². The number of nitrogens with one attached hydrogen (secondary N) is 1. The molecule has 1 fully saturated rings. The van der Waals surface area contributed by atoms with Crippen LogP contribution < -0.4 is 10.1 Å². The summed E-state index contributed by atoms with van der Waals surface area (Å²) in [6.07, 6.45) is 7.53. The summed E-state index contributed by atoms with van der Waals surface area (Å²) < 4.78 is 5.99. The number of aryl methyl sites for hydroxylation is 1. The van der Waals surface area contributed by atoms with Crippen molar-refractivity contribution < 1.29 is 4.74 Å². The lowest BCUT2D eigenvalue weighted by Gasteiger charge is -2.27. The van der Waals surface area contributed by atoms with Gasteiger partial charge >= 0.3 is 0 Å². The van der Waals surface area contributed by atoms with E-state index >= 15 is 0 Å². The summed E-state index contributed by atoms with van der Waals surface area (Å²) in [4.78, 5) is 0. The molecule has 0 amide bonds. The Morgan fingerprint density at radius 1 is 1.26 bits per heavy atom. The van der Waals surface area contributed by atoms with Crippen LogP contribution in [0.15, 0.2) is 18.2 Å². The fourth-order valence-electron chi connectivity index (χ4n) is 3.61. The average Bonchev–Trinajstić information content (AvgIpc) is 2.92. The van der Waals surface area contributed by atoms with Gasteiger partial charge in [0.1, 0.15) is 5.75 Å². The SMILES string of the molecule is CCCNC1CCCC1c1cccc2c1OCCC2. The van der Waals surface area contributed by atoms with Gasteiger partial charge in [0.05, 0.1) is 6.61 Å². The van der Waals surface area contributed by atoms with E-state index in [2.05, 4.69) is 30.4 Å². The smallest absolute Gasteiger partial charge is 0.126 e. The standard InChI is InChI=1S/C17H25NO/c1-2-11-18-16-10-4-8-14(16)15-9-3-6-13-7-5-12-19-17(13)15/h3,6,9,14,16,18H,2,4-5,7-8,10-12H2,1H3. The van der Waals surface area contributed by atoms with Gasteiger partial charge in [-0.2, -0.15) is 0 Å². The first kappa shape index (κ1) is 13.0. The third kappa shape index (κ3) is 2.64. The average molecular weight is 259 g/mol. The molecule has 0 saturated heterocycles. The molecule has 2 aliphatic rings. The highest BCUT2D eigenvalue weighted by Crippen LogP contribution is 2.41. The van der Waals surface area contributed by atoms with Gasteiger partial charge in [-0.1, -0.05) is 31.5 Å². The highest BCUT2D eigenvalue weighted by molar-refractivity contribution is 5.45. The molecule has 3 rings (SSSR count). The topological polar surface area (TPSA) is 21.3 Å². The summed E-state index contributed by atoms with van der Waals surface area (Å²) in [5.74, 6) is 1.86. The molecule has 0 spiro atoms. The Labute approximate surface area is 116 Å². The Morgan fingerprint density at radius 3 is 3.11 bits per heavy atom. The van der Waals surface area contributed by atoms with Crippen LogP contribution in [0.1, 0.15) is 56.1 Å². The normalized spacial score (nSPS) is 25.9. The second-order valence-electron chi connectivity index (χ2n) is 5.89. The van der Waals surface area contributed by atoms with E-state index in [1.165, 1.54) is 55.4 Å². The van der Waals surface area contributed by atoms with Crippen LogP contribution >= 0.6 is 0 Å². The van der Waals surface area contributed by atoms with Crippen LogP contribution in [-0.4, -0.2) is 19.2 Å². The summed E-state index contributed by atoms with van der Waals surface area (Å²) in [6, 6.07) is 7.40. The van der Waals surface area contributed by atoms with E-state index in [-0.39, 0.29) is 0 Å². The lowest BCUT2D eigenvalue weighted by molar-refractivity contribution is 0.281. The van der Waals surface area contributed by atoms with E-state index in [0.29, 0.717) is 12.0 Å². The van der Waals surface area contributed by atoms with Crippen molar-refractivity contribution in [3.8, 4) is 5.75 Å². The van der Waals surface area contributed by atoms with Crippen molar-refractivity contribution in [3.63, 3.8) is 0 Å². The van der Waals surface area contributed by atoms with Crippen LogP contribution in [0.4, 0.5) is 0 Å². The van der Waals surface area contributed by atoms with Crippen molar-refractivity contribution in [2.45, 2.75) is 57.4 Å². The van der Waals surface area contributed by atoms with Crippen molar-refractivity contribution in [1.29, 1.82) is 0 Å². The lowest BCUT2D eigenvalue weighted by atomic mass is 9.90. The first-order valence-electron chi connectivity index (χ1n) is 7.88. The summed E-state index contributed by atoms with van der Waals surface area (Å²) in [7, 11) is 0. The lowest BCUT2D eigenvalue weighted by Crippen LogP contribution is -2.32. The number of hydrogen-bond donors (Lipinski definition) is 1. The van der Waals surface area contributed by atoms with Crippen LogP contribution in [0.25, 0.3) is 0 Å². The Morgan fingerprint density at radius 2 is 2.21 bits per heavy atom. The minimum atomic E-state index is 0.650. The van der Waals surface area contributed by atoms with Crippen molar-refractivity contribution >= 4 is 0 Å². The van der Waals surface area contributed by atoms with Gasteiger partial charge in [-0.15, -0.1) is 0 Å². The van der Waals surface area contributed by atoms with Gasteiger partial charge in [-0.05, 0) is 49.8 Å². The fourth-order valence-corrected chi connectivity index (χ4v) is 3.61. The molecule has 19 heavy (non-hydrogen) atoms. The molecule has 2 nitrogen and oxygen atoms in total. The minimum Gasteiger partial charge on any atom is -0.493 e. The van der Waals surface area contributed by atoms with Crippen molar-refractivity contribution in [1.82, 2.24) is 5.32 Å². The van der Waals surface area contributed by atoms with E-state index in [1.54, 1.807) is 0 Å². The maximum Gasteiger partial charge on any atom is 0.126 e. The number of ether oxygens (including phenoxy) is 1. The summed E-state index contributed by atoms with van der Waals surface area (Å²) in [6.45, 7) is 4.27. The predicted molar refractivity (Wildman–Crippen MR) is 78.9 cm³/mol. The zero-order valence-electron chi connectivity index (χ0n) is 12.0. The molecular formula is C17H25NO. The Hall–Kier alpha value is -1.02. The maximum absolute atomic E-state index is 5.99. The number of hydrogen-bond acceptors (Lipinski definition) is 2. The van der Waals surface area contributed by atoms with E-state index in [9.17, 15) is 0 Å². The molecular weight excluding hydrogens is 234 g/mol. The van der Waals surface area contributed by atoms with Gasteiger partial charge in [-0.3, -0.25) is 0 Å². The minimum absolute atomic E-state index is 0.650. The summed E-state index contributed by atoms with van der Waals surface area (Å²) >= 11 is 0. The van der Waals surface area contributed by atoms with E-state index in [1.807, 2.05) is 0 Å². The molecule has 2 heteroatoms. The van der Waals surface area contributed by atoms with Crippen LogP contribution in [0, 0.1) is 0 Å². The monoisotopic (exact) mass is 259 g/mol. The first-order valence-corrected chi connectivity index (χ1v) is 7.88. The molecule has 1 heterocycles. The molecule has 1 aromatic rings. The zero-order valence-corrected chi connectivity index (χ0v) is 12.0. The van der Waals surface area contributed by atoms with Gasteiger partial charge < -0.3 is 10.1 Å². The molecule has 1 aromatic carbocycles. The van der Waals surface area contributed by atoms with Crippen molar-refractivity contribution in [2.75, 3.05) is 13.2 Å². The highest BCUT2D eigenvalue weighted by atomic mass is 16.5. The number of para-hydroxylation sites is 1. The maximum atomic E-state index is 5.99. The van der Waals surface area contributed by atoms with Gasteiger partial charge in [0.25, 0.3) is 0 Å². The molecule has 0 radical (unpaired) electrons. The molecule has 1 aliphatic heterocycles. The molecule has 0 bridgehead atoms. The molecule has 0 aromatic heterocycles. The molecule has 104 valence electrons. The second kappa shape index (κ2) is 5.96. The Bertz CT molecular complexity index is 429. The molecule has 2 unspecified atom stereocenters. The third-order valence-electron chi connectivity index (χ3n) is 4.54. The molecule has 1 N–H and O–H groups in total. The van der Waals surface area contributed by atoms with Gasteiger partial charge in [0.2, 0.25) is 0 Å². The summed E-state index contributed by atoms with van der Waals surface area (Å²) in [5, 5.41) is 3.73. The second-order valence-corrected chi connectivity index (χ2v) is 5.89. The fraction of sp³-hybridized carbons (Fsp3) is 0.647. The van der Waals surface area contributed by atoms with E-state index in [4.69, 9.17) is 4.74 Å². The number of benzene rings is 1. The summed E-state index contributed by atoms with van der Waals surface area (Å²) in [5.41, 5.74) is 2.88. The highest BCUT2D eigenvalue weighted by Gasteiger charge is 2.31. The number of rotatable bonds is 4. The first-order chi connectivity index (χ1) is 9.40. The van der Waals surface area contributed by atoms with E-state index < -0.39 is 0 Å². The molecule has 1 aliphatic carbocycles. The van der Waals surface area contributed by atoms with Crippen molar-refractivity contribution in [3.05, 3.63) is 29.3 Å². The zero-order chi connectivity index (χ0) is 13.1. The Balaban J connectivity index is 1.84.